The Balaban J connectivity index is 4.07. The SMILES string of the molecule is CC(CN(CCCC(=O)O)C(C)C)C(=O)O. The van der Waals surface area contributed by atoms with Crippen molar-refractivity contribution in [3.05, 3.63) is 0 Å². The second kappa shape index (κ2) is 7.22. The zero-order valence-electron chi connectivity index (χ0n) is 10.1. The van der Waals surface area contributed by atoms with Gasteiger partial charge in [-0.2, -0.15) is 0 Å². The minimum atomic E-state index is -0.816. The summed E-state index contributed by atoms with van der Waals surface area (Å²) in [6.45, 7) is 6.72. The summed E-state index contributed by atoms with van der Waals surface area (Å²) in [7, 11) is 0. The van der Waals surface area contributed by atoms with Gasteiger partial charge in [-0.25, -0.2) is 0 Å². The quantitative estimate of drug-likeness (QED) is 0.658. The Morgan fingerprint density at radius 2 is 1.75 bits per heavy atom. The molecule has 0 aliphatic carbocycles. The number of hydrogen-bond donors (Lipinski definition) is 2. The zero-order valence-corrected chi connectivity index (χ0v) is 10.1. The van der Waals surface area contributed by atoms with Crippen LogP contribution in [0.2, 0.25) is 0 Å². The first-order chi connectivity index (χ1) is 7.34. The van der Waals surface area contributed by atoms with Gasteiger partial charge in [-0.05, 0) is 26.8 Å². The fraction of sp³-hybridized carbons (Fsp3) is 0.818. The summed E-state index contributed by atoms with van der Waals surface area (Å²) in [6.07, 6.45) is 0.685. The van der Waals surface area contributed by atoms with E-state index in [-0.39, 0.29) is 12.5 Å². The molecule has 0 aromatic heterocycles. The molecule has 0 rings (SSSR count). The van der Waals surface area contributed by atoms with E-state index in [1.807, 2.05) is 18.7 Å². The molecule has 0 aliphatic rings. The molecule has 0 radical (unpaired) electrons. The standard InChI is InChI=1S/C11H21NO4/c1-8(2)12(6-4-5-10(13)14)7-9(3)11(15)16/h8-9H,4-7H2,1-3H3,(H,13,14)(H,15,16). The van der Waals surface area contributed by atoms with Crippen molar-refractivity contribution >= 4 is 11.9 Å². The molecule has 0 spiro atoms. The summed E-state index contributed by atoms with van der Waals surface area (Å²) in [6, 6.07) is 0.232. The number of nitrogens with zero attached hydrogens (tertiary/aromatic N) is 1. The van der Waals surface area contributed by atoms with Gasteiger partial charge in [0.25, 0.3) is 0 Å². The predicted octanol–water partition coefficient (Wildman–Crippen LogP) is 1.28. The molecular weight excluding hydrogens is 210 g/mol. The molecule has 0 bridgehead atoms. The second-order valence-electron chi connectivity index (χ2n) is 4.33. The summed E-state index contributed by atoms with van der Waals surface area (Å²) in [4.78, 5) is 23.1. The third-order valence-electron chi connectivity index (χ3n) is 2.50. The van der Waals surface area contributed by atoms with E-state index in [1.54, 1.807) is 6.92 Å². The normalized spacial score (nSPS) is 13.1. The van der Waals surface area contributed by atoms with Gasteiger partial charge in [0.2, 0.25) is 0 Å². The smallest absolute Gasteiger partial charge is 0.307 e. The van der Waals surface area contributed by atoms with Crippen LogP contribution in [0.5, 0.6) is 0 Å². The average Bonchev–Trinajstić information content (AvgIpc) is 2.14. The van der Waals surface area contributed by atoms with Crippen molar-refractivity contribution in [2.24, 2.45) is 5.92 Å². The van der Waals surface area contributed by atoms with Crippen molar-refractivity contribution in [2.45, 2.75) is 39.7 Å². The van der Waals surface area contributed by atoms with Crippen LogP contribution in [-0.2, 0) is 9.59 Å². The molecule has 1 unspecified atom stereocenters. The number of carboxylic acid groups (broad SMARTS) is 2. The van der Waals surface area contributed by atoms with Crippen LogP contribution in [-0.4, -0.2) is 46.2 Å². The Hall–Kier alpha value is -1.10. The Bertz CT molecular complexity index is 240. The molecular formula is C11H21NO4. The molecule has 0 aromatic rings. The van der Waals surface area contributed by atoms with Crippen LogP contribution >= 0.6 is 0 Å². The fourth-order valence-corrected chi connectivity index (χ4v) is 1.42. The Labute approximate surface area is 96.1 Å². The van der Waals surface area contributed by atoms with E-state index in [2.05, 4.69) is 0 Å². The number of rotatable bonds is 8. The summed E-state index contributed by atoms with van der Waals surface area (Å²) in [5.74, 6) is -2.05. The topological polar surface area (TPSA) is 77.8 Å². The Morgan fingerprint density at radius 1 is 1.19 bits per heavy atom. The second-order valence-corrected chi connectivity index (χ2v) is 4.33. The van der Waals surface area contributed by atoms with Crippen molar-refractivity contribution in [1.82, 2.24) is 4.90 Å². The lowest BCUT2D eigenvalue weighted by molar-refractivity contribution is -0.142. The third-order valence-corrected chi connectivity index (χ3v) is 2.50. The van der Waals surface area contributed by atoms with Gasteiger partial charge < -0.3 is 15.1 Å². The maximum Gasteiger partial charge on any atom is 0.307 e. The van der Waals surface area contributed by atoms with Gasteiger partial charge in [0.15, 0.2) is 0 Å². The minimum Gasteiger partial charge on any atom is -0.481 e. The largest absolute Gasteiger partial charge is 0.481 e. The minimum absolute atomic E-state index is 0.130. The fourth-order valence-electron chi connectivity index (χ4n) is 1.42. The van der Waals surface area contributed by atoms with Gasteiger partial charge in [-0.3, -0.25) is 9.59 Å². The highest BCUT2D eigenvalue weighted by molar-refractivity contribution is 5.69. The highest BCUT2D eigenvalue weighted by atomic mass is 16.4. The maximum absolute atomic E-state index is 10.7. The highest BCUT2D eigenvalue weighted by Gasteiger charge is 2.18. The molecule has 1 atom stereocenters. The van der Waals surface area contributed by atoms with E-state index in [0.29, 0.717) is 19.5 Å². The van der Waals surface area contributed by atoms with Crippen molar-refractivity contribution in [2.75, 3.05) is 13.1 Å². The lowest BCUT2D eigenvalue weighted by Crippen LogP contribution is -2.37. The molecule has 0 amide bonds. The summed E-state index contributed by atoms with van der Waals surface area (Å²) < 4.78 is 0. The molecule has 0 heterocycles. The van der Waals surface area contributed by atoms with Crippen LogP contribution < -0.4 is 0 Å². The van der Waals surface area contributed by atoms with E-state index in [4.69, 9.17) is 10.2 Å². The average molecular weight is 231 g/mol. The van der Waals surface area contributed by atoms with Gasteiger partial charge in [0.05, 0.1) is 5.92 Å². The molecule has 0 fully saturated rings. The molecule has 94 valence electrons. The number of carboxylic acids is 2. The van der Waals surface area contributed by atoms with Crippen LogP contribution in [0, 0.1) is 5.92 Å². The first-order valence-electron chi connectivity index (χ1n) is 5.53. The number of carbonyl (C=O) groups is 2. The molecule has 0 aromatic carbocycles. The van der Waals surface area contributed by atoms with Gasteiger partial charge in [-0.15, -0.1) is 0 Å². The van der Waals surface area contributed by atoms with Crippen molar-refractivity contribution in [3.63, 3.8) is 0 Å². The summed E-state index contributed by atoms with van der Waals surface area (Å²) in [5, 5.41) is 17.3. The molecule has 0 saturated heterocycles. The molecule has 16 heavy (non-hydrogen) atoms. The predicted molar refractivity (Wildman–Crippen MR) is 60.4 cm³/mol. The third kappa shape index (κ3) is 6.40. The Kier molecular flexibility index (Phi) is 6.72. The van der Waals surface area contributed by atoms with E-state index in [0.717, 1.165) is 0 Å². The lowest BCUT2D eigenvalue weighted by atomic mass is 10.1. The van der Waals surface area contributed by atoms with Gasteiger partial charge in [0, 0.05) is 19.0 Å². The Morgan fingerprint density at radius 3 is 2.12 bits per heavy atom. The first kappa shape index (κ1) is 14.9. The first-order valence-corrected chi connectivity index (χ1v) is 5.53. The van der Waals surface area contributed by atoms with Gasteiger partial charge in [-0.1, -0.05) is 6.92 Å². The van der Waals surface area contributed by atoms with Crippen molar-refractivity contribution < 1.29 is 19.8 Å². The number of aliphatic carboxylic acids is 2. The molecule has 0 saturated carbocycles. The van der Waals surface area contributed by atoms with Crippen LogP contribution in [0.1, 0.15) is 33.6 Å². The maximum atomic E-state index is 10.7. The van der Waals surface area contributed by atoms with E-state index < -0.39 is 17.9 Å². The monoisotopic (exact) mass is 231 g/mol. The van der Waals surface area contributed by atoms with Crippen LogP contribution in [0.15, 0.2) is 0 Å². The molecule has 2 N–H and O–H groups in total. The summed E-state index contributed by atoms with van der Waals surface area (Å²) in [5.41, 5.74) is 0. The van der Waals surface area contributed by atoms with Crippen molar-refractivity contribution in [3.8, 4) is 0 Å². The van der Waals surface area contributed by atoms with E-state index in [9.17, 15) is 9.59 Å². The lowest BCUT2D eigenvalue weighted by Gasteiger charge is -2.27. The zero-order chi connectivity index (χ0) is 12.7. The van der Waals surface area contributed by atoms with Crippen LogP contribution in [0.3, 0.4) is 0 Å². The molecule has 5 heteroatoms. The number of hydrogen-bond acceptors (Lipinski definition) is 3. The summed E-state index contributed by atoms with van der Waals surface area (Å²) >= 11 is 0. The van der Waals surface area contributed by atoms with E-state index >= 15 is 0 Å². The van der Waals surface area contributed by atoms with E-state index in [1.165, 1.54) is 0 Å². The highest BCUT2D eigenvalue weighted by Crippen LogP contribution is 2.07. The molecule has 0 aliphatic heterocycles. The van der Waals surface area contributed by atoms with Crippen molar-refractivity contribution in [1.29, 1.82) is 0 Å². The van der Waals surface area contributed by atoms with Crippen LogP contribution in [0.25, 0.3) is 0 Å². The van der Waals surface area contributed by atoms with Gasteiger partial charge >= 0.3 is 11.9 Å². The van der Waals surface area contributed by atoms with Crippen LogP contribution in [0.4, 0.5) is 0 Å². The van der Waals surface area contributed by atoms with Gasteiger partial charge in [0.1, 0.15) is 0 Å². The molecule has 5 nitrogen and oxygen atoms in total.